The highest BCUT2D eigenvalue weighted by atomic mass is 19.1. The van der Waals surface area contributed by atoms with Gasteiger partial charge in [-0.25, -0.2) is 4.39 Å². The predicted molar refractivity (Wildman–Crippen MR) is 83.3 cm³/mol. The van der Waals surface area contributed by atoms with Crippen molar-refractivity contribution in [3.63, 3.8) is 0 Å². The van der Waals surface area contributed by atoms with Gasteiger partial charge in [-0.3, -0.25) is 4.79 Å². The van der Waals surface area contributed by atoms with E-state index in [1.165, 1.54) is 4.90 Å². The molecule has 128 valence electrons. The van der Waals surface area contributed by atoms with E-state index in [0.717, 1.165) is 25.7 Å². The molecule has 3 rings (SSSR count). The van der Waals surface area contributed by atoms with E-state index >= 15 is 0 Å². The SMILES string of the molecule is CO[C@@H]1C[C@@H]2C[C@@](C)(NCC(=O)N3C[C@@H](F)CC3C#N)C[C@@H]2C1. The number of likely N-dealkylation sites (tertiary alicyclic amines) is 1. The van der Waals surface area contributed by atoms with Crippen LogP contribution in [-0.2, 0) is 9.53 Å². The van der Waals surface area contributed by atoms with E-state index in [0.29, 0.717) is 17.9 Å². The zero-order valence-corrected chi connectivity index (χ0v) is 13.9. The Kier molecular flexibility index (Phi) is 4.61. The topological polar surface area (TPSA) is 65.4 Å². The van der Waals surface area contributed by atoms with Gasteiger partial charge in [0, 0.05) is 19.1 Å². The number of carbonyl (C=O) groups is 1. The molecule has 0 bridgehead atoms. The van der Waals surface area contributed by atoms with Gasteiger partial charge in [0.05, 0.1) is 25.3 Å². The van der Waals surface area contributed by atoms with Crippen molar-refractivity contribution in [3.8, 4) is 6.07 Å². The van der Waals surface area contributed by atoms with E-state index in [1.54, 1.807) is 7.11 Å². The van der Waals surface area contributed by atoms with Crippen molar-refractivity contribution in [2.75, 3.05) is 20.2 Å². The minimum absolute atomic E-state index is 0.0410. The largest absolute Gasteiger partial charge is 0.381 e. The molecule has 1 amide bonds. The molecule has 0 radical (unpaired) electrons. The van der Waals surface area contributed by atoms with Crippen molar-refractivity contribution in [3.05, 3.63) is 0 Å². The molecule has 2 aliphatic carbocycles. The van der Waals surface area contributed by atoms with Crippen LogP contribution in [0.2, 0.25) is 0 Å². The molecule has 3 aliphatic rings. The lowest BCUT2D eigenvalue weighted by atomic mass is 9.95. The lowest BCUT2D eigenvalue weighted by Crippen LogP contribution is -2.48. The summed E-state index contributed by atoms with van der Waals surface area (Å²) >= 11 is 0. The molecule has 23 heavy (non-hydrogen) atoms. The summed E-state index contributed by atoms with van der Waals surface area (Å²) in [5.74, 6) is 1.17. The Balaban J connectivity index is 1.51. The number of methoxy groups -OCH3 is 1. The lowest BCUT2D eigenvalue weighted by Gasteiger charge is -2.29. The Morgan fingerprint density at radius 3 is 2.61 bits per heavy atom. The van der Waals surface area contributed by atoms with Gasteiger partial charge in [-0.1, -0.05) is 0 Å². The van der Waals surface area contributed by atoms with Crippen LogP contribution >= 0.6 is 0 Å². The highest BCUT2D eigenvalue weighted by Gasteiger charge is 2.47. The summed E-state index contributed by atoms with van der Waals surface area (Å²) in [6, 6.07) is 1.42. The third-order valence-electron chi connectivity index (χ3n) is 5.94. The molecule has 0 aromatic heterocycles. The van der Waals surface area contributed by atoms with Gasteiger partial charge in [-0.2, -0.15) is 5.26 Å². The van der Waals surface area contributed by atoms with Crippen LogP contribution in [0.25, 0.3) is 0 Å². The van der Waals surface area contributed by atoms with Gasteiger partial charge in [0.25, 0.3) is 0 Å². The summed E-state index contributed by atoms with van der Waals surface area (Å²) in [5, 5.41) is 12.4. The zero-order chi connectivity index (χ0) is 16.6. The Hall–Kier alpha value is -1.19. The molecule has 1 N–H and O–H groups in total. The van der Waals surface area contributed by atoms with E-state index in [1.807, 2.05) is 6.07 Å². The van der Waals surface area contributed by atoms with Crippen LogP contribution in [0.1, 0.15) is 39.0 Å². The first kappa shape index (κ1) is 16.7. The predicted octanol–water partition coefficient (Wildman–Crippen LogP) is 1.63. The third-order valence-corrected chi connectivity index (χ3v) is 5.94. The van der Waals surface area contributed by atoms with Crippen LogP contribution in [0, 0.1) is 23.2 Å². The Morgan fingerprint density at radius 1 is 1.39 bits per heavy atom. The summed E-state index contributed by atoms with van der Waals surface area (Å²) in [6.07, 6.45) is 3.78. The number of alkyl halides is 1. The van der Waals surface area contributed by atoms with Gasteiger partial charge in [0.1, 0.15) is 12.2 Å². The van der Waals surface area contributed by atoms with E-state index in [4.69, 9.17) is 10.00 Å². The molecule has 1 heterocycles. The fourth-order valence-corrected chi connectivity index (χ4v) is 4.81. The monoisotopic (exact) mass is 323 g/mol. The van der Waals surface area contributed by atoms with E-state index in [2.05, 4.69) is 12.2 Å². The highest BCUT2D eigenvalue weighted by Crippen LogP contribution is 2.49. The molecular weight excluding hydrogens is 297 g/mol. The molecule has 1 unspecified atom stereocenters. The summed E-state index contributed by atoms with van der Waals surface area (Å²) in [5.41, 5.74) is -0.0410. The van der Waals surface area contributed by atoms with Crippen molar-refractivity contribution in [1.29, 1.82) is 5.26 Å². The zero-order valence-electron chi connectivity index (χ0n) is 13.9. The second kappa shape index (κ2) is 6.37. The molecule has 5 nitrogen and oxygen atoms in total. The number of halogens is 1. The Bertz CT molecular complexity index is 493. The average molecular weight is 323 g/mol. The molecule has 0 spiro atoms. The van der Waals surface area contributed by atoms with E-state index in [-0.39, 0.29) is 31.0 Å². The van der Waals surface area contributed by atoms with E-state index < -0.39 is 12.2 Å². The van der Waals surface area contributed by atoms with Crippen molar-refractivity contribution in [2.45, 2.75) is 62.9 Å². The van der Waals surface area contributed by atoms with Crippen LogP contribution < -0.4 is 5.32 Å². The summed E-state index contributed by atoms with van der Waals surface area (Å²) in [7, 11) is 1.78. The van der Waals surface area contributed by atoms with Crippen LogP contribution in [-0.4, -0.2) is 54.9 Å². The smallest absolute Gasteiger partial charge is 0.237 e. The normalized spacial score (nSPS) is 42.7. The van der Waals surface area contributed by atoms with Crippen LogP contribution in [0.5, 0.6) is 0 Å². The van der Waals surface area contributed by atoms with Gasteiger partial charge in [-0.15, -0.1) is 0 Å². The number of amides is 1. The fraction of sp³-hybridized carbons (Fsp3) is 0.882. The number of nitrogens with one attached hydrogen (secondary N) is 1. The fourth-order valence-electron chi connectivity index (χ4n) is 4.81. The number of nitriles is 1. The van der Waals surface area contributed by atoms with Gasteiger partial charge in [0.15, 0.2) is 0 Å². The van der Waals surface area contributed by atoms with Gasteiger partial charge < -0.3 is 15.0 Å². The molecule has 0 aromatic carbocycles. The molecule has 2 saturated carbocycles. The molecule has 6 atom stereocenters. The van der Waals surface area contributed by atoms with Crippen LogP contribution in [0.15, 0.2) is 0 Å². The first-order chi connectivity index (χ1) is 10.9. The number of hydrogen-bond donors (Lipinski definition) is 1. The maximum Gasteiger partial charge on any atom is 0.237 e. The maximum atomic E-state index is 13.4. The first-order valence-electron chi connectivity index (χ1n) is 8.55. The van der Waals surface area contributed by atoms with Gasteiger partial charge in [0.2, 0.25) is 5.91 Å². The molecular formula is C17H26FN3O2. The molecule has 6 heteroatoms. The average Bonchev–Trinajstić information content (AvgIpc) is 3.15. The van der Waals surface area contributed by atoms with Gasteiger partial charge in [-0.05, 0) is 44.4 Å². The number of ether oxygens (including phenoxy) is 1. The summed E-state index contributed by atoms with van der Waals surface area (Å²) in [4.78, 5) is 13.7. The Morgan fingerprint density at radius 2 is 2.04 bits per heavy atom. The summed E-state index contributed by atoms with van der Waals surface area (Å²) < 4.78 is 18.9. The van der Waals surface area contributed by atoms with Crippen molar-refractivity contribution in [1.82, 2.24) is 10.2 Å². The minimum atomic E-state index is -1.07. The second-order valence-corrected chi connectivity index (χ2v) is 7.70. The van der Waals surface area contributed by atoms with Crippen molar-refractivity contribution in [2.24, 2.45) is 11.8 Å². The number of nitrogens with zero attached hydrogens (tertiary/aromatic N) is 2. The molecule has 1 saturated heterocycles. The summed E-state index contributed by atoms with van der Waals surface area (Å²) in [6.45, 7) is 2.41. The van der Waals surface area contributed by atoms with Gasteiger partial charge >= 0.3 is 0 Å². The quantitative estimate of drug-likeness (QED) is 0.854. The van der Waals surface area contributed by atoms with Crippen molar-refractivity contribution >= 4 is 5.91 Å². The minimum Gasteiger partial charge on any atom is -0.381 e. The highest BCUT2D eigenvalue weighted by molar-refractivity contribution is 5.79. The number of carbonyl (C=O) groups excluding carboxylic acids is 1. The Labute approximate surface area is 137 Å². The number of hydrogen-bond acceptors (Lipinski definition) is 4. The second-order valence-electron chi connectivity index (χ2n) is 7.70. The van der Waals surface area contributed by atoms with E-state index in [9.17, 15) is 9.18 Å². The standard InChI is InChI=1S/C17H26FN3O2/c1-17(6-11-3-15(23-2)4-12(11)7-17)20-9-16(22)21-10-13(18)5-14(21)8-19/h11-15,20H,3-7,9-10H2,1-2H3/t11-,12+,13-,14?,15-,17-/m0/s1. The van der Waals surface area contributed by atoms with Crippen molar-refractivity contribution < 1.29 is 13.9 Å². The maximum absolute atomic E-state index is 13.4. The molecule has 3 fully saturated rings. The number of rotatable bonds is 4. The van der Waals surface area contributed by atoms with Crippen LogP contribution in [0.4, 0.5) is 4.39 Å². The number of fused-ring (bicyclic) bond motifs is 1. The third kappa shape index (κ3) is 3.36. The van der Waals surface area contributed by atoms with Crippen LogP contribution in [0.3, 0.4) is 0 Å². The molecule has 1 aliphatic heterocycles. The molecule has 0 aromatic rings. The first-order valence-corrected chi connectivity index (χ1v) is 8.55. The lowest BCUT2D eigenvalue weighted by molar-refractivity contribution is -0.130.